The molecule has 0 aromatic heterocycles. The van der Waals surface area contributed by atoms with E-state index in [0.29, 0.717) is 19.1 Å². The predicted octanol–water partition coefficient (Wildman–Crippen LogP) is 3.54. The normalized spacial score (nSPS) is 22.8. The van der Waals surface area contributed by atoms with E-state index in [-0.39, 0.29) is 11.5 Å². The van der Waals surface area contributed by atoms with Crippen LogP contribution in [0.15, 0.2) is 60.7 Å². The fourth-order valence-electron chi connectivity index (χ4n) is 4.64. The summed E-state index contributed by atoms with van der Waals surface area (Å²) in [6, 6.07) is 21.3. The molecule has 1 unspecified atom stereocenters. The van der Waals surface area contributed by atoms with E-state index in [1.165, 1.54) is 11.1 Å². The van der Waals surface area contributed by atoms with E-state index >= 15 is 0 Å². The fourth-order valence-corrected chi connectivity index (χ4v) is 4.64. The van der Waals surface area contributed by atoms with Crippen molar-refractivity contribution in [3.63, 3.8) is 0 Å². The maximum absolute atomic E-state index is 13.8. The van der Waals surface area contributed by atoms with Crippen LogP contribution in [0.5, 0.6) is 0 Å². The van der Waals surface area contributed by atoms with Crippen LogP contribution in [-0.2, 0) is 16.0 Å². The van der Waals surface area contributed by atoms with Gasteiger partial charge in [-0.05, 0) is 37.4 Å². The topological polar surface area (TPSA) is 32.8 Å². The zero-order valence-electron chi connectivity index (χ0n) is 16.7. The summed E-state index contributed by atoms with van der Waals surface area (Å²) < 4.78 is 5.63. The van der Waals surface area contributed by atoms with Crippen molar-refractivity contribution in [2.75, 3.05) is 39.9 Å². The Balaban J connectivity index is 1.56. The van der Waals surface area contributed by atoms with Gasteiger partial charge in [-0.1, -0.05) is 60.7 Å². The summed E-state index contributed by atoms with van der Waals surface area (Å²) in [6.45, 7) is 3.82. The van der Waals surface area contributed by atoms with Gasteiger partial charge in [-0.25, -0.2) is 0 Å². The number of carbonyl (C=O) groups is 1. The molecule has 0 saturated carbocycles. The number of benzene rings is 2. The van der Waals surface area contributed by atoms with E-state index in [1.54, 1.807) is 0 Å². The third-order valence-corrected chi connectivity index (χ3v) is 6.41. The number of ether oxygens (including phenoxy) is 1. The highest BCUT2D eigenvalue weighted by Crippen LogP contribution is 2.38. The van der Waals surface area contributed by atoms with Gasteiger partial charge in [0, 0.05) is 32.8 Å². The Morgan fingerprint density at radius 2 is 1.64 bits per heavy atom. The molecule has 4 heteroatoms. The summed E-state index contributed by atoms with van der Waals surface area (Å²) in [6.07, 6.45) is 2.42. The van der Waals surface area contributed by atoms with E-state index in [4.69, 9.17) is 4.74 Å². The molecule has 4 nitrogen and oxygen atoms in total. The van der Waals surface area contributed by atoms with Crippen LogP contribution in [0, 0.1) is 5.41 Å². The molecule has 0 radical (unpaired) electrons. The van der Waals surface area contributed by atoms with E-state index in [2.05, 4.69) is 65.4 Å². The van der Waals surface area contributed by atoms with Crippen molar-refractivity contribution in [1.29, 1.82) is 0 Å². The highest BCUT2D eigenvalue weighted by atomic mass is 16.5. The van der Waals surface area contributed by atoms with Crippen LogP contribution in [0.25, 0.3) is 0 Å². The standard InChI is InChI=1S/C24H30N2O2/c1-25-14-15-26(19-22(25)21-10-6-3-7-11-21)23(27)24(12-16-28-17-13-24)18-20-8-4-2-5-9-20/h2-11,22H,12-19H2,1H3. The second-order valence-corrected chi connectivity index (χ2v) is 8.21. The van der Waals surface area contributed by atoms with Crippen molar-refractivity contribution in [2.45, 2.75) is 25.3 Å². The molecule has 1 atom stereocenters. The van der Waals surface area contributed by atoms with Gasteiger partial charge in [-0.15, -0.1) is 0 Å². The number of nitrogens with zero attached hydrogens (tertiary/aromatic N) is 2. The first kappa shape index (κ1) is 19.2. The molecule has 2 aliphatic heterocycles. The summed E-state index contributed by atoms with van der Waals surface area (Å²) in [5, 5.41) is 0. The van der Waals surface area contributed by atoms with Gasteiger partial charge < -0.3 is 9.64 Å². The van der Waals surface area contributed by atoms with Crippen LogP contribution in [0.4, 0.5) is 0 Å². The first-order valence-corrected chi connectivity index (χ1v) is 10.3. The largest absolute Gasteiger partial charge is 0.381 e. The number of likely N-dealkylation sites (N-methyl/N-ethyl adjacent to an activating group) is 1. The molecule has 2 fully saturated rings. The third-order valence-electron chi connectivity index (χ3n) is 6.41. The average molecular weight is 379 g/mol. The zero-order valence-corrected chi connectivity index (χ0v) is 16.7. The Kier molecular flexibility index (Phi) is 5.79. The quantitative estimate of drug-likeness (QED) is 0.816. The lowest BCUT2D eigenvalue weighted by Crippen LogP contribution is -2.55. The van der Waals surface area contributed by atoms with Crippen LogP contribution in [0.1, 0.15) is 30.0 Å². The lowest BCUT2D eigenvalue weighted by atomic mass is 9.73. The molecule has 2 saturated heterocycles. The summed E-state index contributed by atoms with van der Waals surface area (Å²) in [7, 11) is 2.16. The van der Waals surface area contributed by atoms with E-state index < -0.39 is 0 Å². The van der Waals surface area contributed by atoms with Crippen LogP contribution >= 0.6 is 0 Å². The molecule has 148 valence electrons. The first-order chi connectivity index (χ1) is 13.7. The number of piperazine rings is 1. The highest BCUT2D eigenvalue weighted by Gasteiger charge is 2.44. The molecule has 2 aromatic carbocycles. The van der Waals surface area contributed by atoms with Gasteiger partial charge >= 0.3 is 0 Å². The predicted molar refractivity (Wildman–Crippen MR) is 111 cm³/mol. The third kappa shape index (κ3) is 3.98. The fraction of sp³-hybridized carbons (Fsp3) is 0.458. The number of carbonyl (C=O) groups excluding carboxylic acids is 1. The minimum Gasteiger partial charge on any atom is -0.381 e. The number of hydrogen-bond acceptors (Lipinski definition) is 3. The van der Waals surface area contributed by atoms with Crippen molar-refractivity contribution in [3.05, 3.63) is 71.8 Å². The second-order valence-electron chi connectivity index (χ2n) is 8.21. The second kappa shape index (κ2) is 8.46. The van der Waals surface area contributed by atoms with Crippen molar-refractivity contribution < 1.29 is 9.53 Å². The molecular weight excluding hydrogens is 348 g/mol. The first-order valence-electron chi connectivity index (χ1n) is 10.3. The van der Waals surface area contributed by atoms with Crippen molar-refractivity contribution in [3.8, 4) is 0 Å². The van der Waals surface area contributed by atoms with Gasteiger partial charge in [-0.2, -0.15) is 0 Å². The van der Waals surface area contributed by atoms with Crippen LogP contribution in [-0.4, -0.2) is 55.6 Å². The van der Waals surface area contributed by atoms with E-state index in [1.807, 2.05) is 12.1 Å². The van der Waals surface area contributed by atoms with Gasteiger partial charge in [-0.3, -0.25) is 9.69 Å². The molecule has 0 spiro atoms. The average Bonchev–Trinajstić information content (AvgIpc) is 2.75. The molecule has 0 N–H and O–H groups in total. The maximum Gasteiger partial charge on any atom is 0.229 e. The van der Waals surface area contributed by atoms with E-state index in [9.17, 15) is 4.79 Å². The monoisotopic (exact) mass is 378 g/mol. The Morgan fingerprint density at radius 3 is 2.32 bits per heavy atom. The molecule has 0 aliphatic carbocycles. The number of amides is 1. The highest BCUT2D eigenvalue weighted by molar-refractivity contribution is 5.83. The van der Waals surface area contributed by atoms with Crippen molar-refractivity contribution >= 4 is 5.91 Å². The molecule has 4 rings (SSSR count). The van der Waals surface area contributed by atoms with Gasteiger partial charge in [0.05, 0.1) is 11.5 Å². The molecule has 2 aliphatic rings. The molecule has 2 heterocycles. The molecule has 0 bridgehead atoms. The molecule has 28 heavy (non-hydrogen) atoms. The Labute approximate surface area is 168 Å². The van der Waals surface area contributed by atoms with Crippen molar-refractivity contribution in [1.82, 2.24) is 9.80 Å². The van der Waals surface area contributed by atoms with Crippen LogP contribution in [0.2, 0.25) is 0 Å². The molecule has 2 aromatic rings. The molecule has 1 amide bonds. The van der Waals surface area contributed by atoms with Gasteiger partial charge in [0.1, 0.15) is 0 Å². The zero-order chi connectivity index (χ0) is 19.4. The Hall–Kier alpha value is -2.17. The van der Waals surface area contributed by atoms with Crippen LogP contribution in [0.3, 0.4) is 0 Å². The minimum absolute atomic E-state index is 0.257. The SMILES string of the molecule is CN1CCN(C(=O)C2(Cc3ccccc3)CCOCC2)CC1c1ccccc1. The maximum atomic E-state index is 13.8. The minimum atomic E-state index is -0.337. The van der Waals surface area contributed by atoms with Gasteiger partial charge in [0.15, 0.2) is 0 Å². The van der Waals surface area contributed by atoms with Gasteiger partial charge in [0.2, 0.25) is 5.91 Å². The van der Waals surface area contributed by atoms with Gasteiger partial charge in [0.25, 0.3) is 0 Å². The molecular formula is C24H30N2O2. The van der Waals surface area contributed by atoms with E-state index in [0.717, 1.165) is 38.9 Å². The lowest BCUT2D eigenvalue weighted by Gasteiger charge is -2.45. The Morgan fingerprint density at radius 1 is 1.00 bits per heavy atom. The summed E-state index contributed by atoms with van der Waals surface area (Å²) >= 11 is 0. The lowest BCUT2D eigenvalue weighted by molar-refractivity contribution is -0.151. The summed E-state index contributed by atoms with van der Waals surface area (Å²) in [4.78, 5) is 18.3. The Bertz CT molecular complexity index is 772. The summed E-state index contributed by atoms with van der Waals surface area (Å²) in [5.41, 5.74) is 2.19. The van der Waals surface area contributed by atoms with Crippen LogP contribution < -0.4 is 0 Å². The number of rotatable bonds is 4. The van der Waals surface area contributed by atoms with Crippen molar-refractivity contribution in [2.24, 2.45) is 5.41 Å². The number of hydrogen-bond donors (Lipinski definition) is 0. The summed E-state index contributed by atoms with van der Waals surface area (Å²) in [5.74, 6) is 0.314. The smallest absolute Gasteiger partial charge is 0.229 e.